The van der Waals surface area contributed by atoms with Gasteiger partial charge in [0.25, 0.3) is 0 Å². The molecule has 14 heavy (non-hydrogen) atoms. The van der Waals surface area contributed by atoms with Gasteiger partial charge >= 0.3 is 0 Å². The summed E-state index contributed by atoms with van der Waals surface area (Å²) in [6, 6.07) is 0. The lowest BCUT2D eigenvalue weighted by Crippen LogP contribution is -2.16. The molecular formula is C9H13FN4. The number of hydrogen-bond acceptors (Lipinski definition) is 4. The van der Waals surface area contributed by atoms with E-state index in [9.17, 15) is 4.39 Å². The second kappa shape index (κ2) is 3.40. The molecule has 1 aromatic rings. The average molecular weight is 196 g/mol. The molecule has 1 aliphatic carbocycles. The Morgan fingerprint density at radius 3 is 2.64 bits per heavy atom. The summed E-state index contributed by atoms with van der Waals surface area (Å²) >= 11 is 0. The minimum Gasteiger partial charge on any atom is -0.371 e. The molecule has 5 heteroatoms. The second-order valence-corrected chi connectivity index (χ2v) is 3.51. The first-order valence-corrected chi connectivity index (χ1v) is 4.73. The third-order valence-electron chi connectivity index (χ3n) is 2.62. The maximum atomic E-state index is 13.7. The van der Waals surface area contributed by atoms with E-state index in [1.165, 1.54) is 0 Å². The molecule has 4 nitrogen and oxygen atoms in total. The summed E-state index contributed by atoms with van der Waals surface area (Å²) in [7, 11) is 1.62. The Morgan fingerprint density at radius 1 is 1.43 bits per heavy atom. The number of nitrogens with zero attached hydrogens (tertiary/aromatic N) is 2. The van der Waals surface area contributed by atoms with Crippen molar-refractivity contribution in [3.8, 4) is 0 Å². The van der Waals surface area contributed by atoms with Gasteiger partial charge in [0.05, 0.1) is 5.69 Å². The number of hydrogen-bond donors (Lipinski definition) is 2. The molecule has 3 N–H and O–H groups in total. The Kier molecular flexibility index (Phi) is 2.23. The van der Waals surface area contributed by atoms with Crippen LogP contribution >= 0.6 is 0 Å². The van der Waals surface area contributed by atoms with Crippen molar-refractivity contribution in [3.63, 3.8) is 0 Å². The molecule has 0 bridgehead atoms. The fourth-order valence-electron chi connectivity index (χ4n) is 1.60. The Balaban J connectivity index is 2.41. The standard InChI is InChI=1S/C9H13FN4/c1-12-8-6(10)7(5-3-2-4-5)13-9(11)14-8/h5H,2-4H2,1H3,(H3,11,12,13,14). The van der Waals surface area contributed by atoms with Gasteiger partial charge in [0.15, 0.2) is 11.6 Å². The van der Waals surface area contributed by atoms with Crippen LogP contribution in [0.15, 0.2) is 0 Å². The first kappa shape index (κ1) is 9.18. The van der Waals surface area contributed by atoms with Crippen LogP contribution in [0.5, 0.6) is 0 Å². The van der Waals surface area contributed by atoms with E-state index in [0.717, 1.165) is 19.3 Å². The molecule has 1 aromatic heterocycles. The van der Waals surface area contributed by atoms with E-state index in [0.29, 0.717) is 5.69 Å². The molecule has 0 radical (unpaired) electrons. The van der Waals surface area contributed by atoms with Crippen LogP contribution in [0.3, 0.4) is 0 Å². The van der Waals surface area contributed by atoms with Crippen LogP contribution in [-0.4, -0.2) is 17.0 Å². The van der Waals surface area contributed by atoms with Crippen molar-refractivity contribution < 1.29 is 4.39 Å². The SMILES string of the molecule is CNc1nc(N)nc(C2CCC2)c1F. The zero-order valence-electron chi connectivity index (χ0n) is 8.05. The molecule has 1 fully saturated rings. The molecular weight excluding hydrogens is 183 g/mol. The minimum atomic E-state index is -0.355. The van der Waals surface area contributed by atoms with Crippen molar-refractivity contribution in [2.75, 3.05) is 18.1 Å². The maximum absolute atomic E-state index is 13.7. The normalized spacial score (nSPS) is 16.4. The molecule has 0 aromatic carbocycles. The highest BCUT2D eigenvalue weighted by Crippen LogP contribution is 2.37. The van der Waals surface area contributed by atoms with Crippen LogP contribution < -0.4 is 11.1 Å². The molecule has 76 valence electrons. The topological polar surface area (TPSA) is 63.8 Å². The van der Waals surface area contributed by atoms with E-state index < -0.39 is 0 Å². The van der Waals surface area contributed by atoms with Gasteiger partial charge in [-0.15, -0.1) is 0 Å². The second-order valence-electron chi connectivity index (χ2n) is 3.51. The van der Waals surface area contributed by atoms with Crippen LogP contribution in [0.25, 0.3) is 0 Å². The zero-order chi connectivity index (χ0) is 10.1. The number of halogens is 1. The summed E-state index contributed by atoms with van der Waals surface area (Å²) in [4.78, 5) is 7.73. The van der Waals surface area contributed by atoms with Gasteiger partial charge in [-0.2, -0.15) is 4.98 Å². The quantitative estimate of drug-likeness (QED) is 0.752. The molecule has 0 saturated heterocycles. The number of nitrogens with one attached hydrogen (secondary N) is 1. The maximum Gasteiger partial charge on any atom is 0.222 e. The Morgan fingerprint density at radius 2 is 2.14 bits per heavy atom. The third-order valence-corrected chi connectivity index (χ3v) is 2.62. The summed E-state index contributed by atoms with van der Waals surface area (Å²) in [5, 5.41) is 2.67. The molecule has 0 aliphatic heterocycles. The molecule has 0 amide bonds. The summed E-state index contributed by atoms with van der Waals surface area (Å²) in [5.41, 5.74) is 5.96. The number of anilines is 2. The van der Waals surface area contributed by atoms with Crippen molar-refractivity contribution >= 4 is 11.8 Å². The van der Waals surface area contributed by atoms with Gasteiger partial charge < -0.3 is 11.1 Å². The first-order chi connectivity index (χ1) is 6.72. The Hall–Kier alpha value is -1.39. The van der Waals surface area contributed by atoms with Crippen LogP contribution in [0.4, 0.5) is 16.2 Å². The number of nitrogens with two attached hydrogens (primary N) is 1. The predicted octanol–water partition coefficient (Wildman–Crippen LogP) is 1.51. The van der Waals surface area contributed by atoms with Crippen LogP contribution in [0.2, 0.25) is 0 Å². The fraction of sp³-hybridized carbons (Fsp3) is 0.556. The summed E-state index contributed by atoms with van der Waals surface area (Å²) < 4.78 is 13.7. The van der Waals surface area contributed by atoms with Gasteiger partial charge in [0, 0.05) is 13.0 Å². The van der Waals surface area contributed by atoms with Crippen molar-refractivity contribution in [2.24, 2.45) is 0 Å². The molecule has 2 rings (SSSR count). The van der Waals surface area contributed by atoms with E-state index in [1.807, 2.05) is 0 Å². The number of aromatic nitrogens is 2. The van der Waals surface area contributed by atoms with Crippen molar-refractivity contribution in [2.45, 2.75) is 25.2 Å². The molecule has 0 unspecified atom stereocenters. The summed E-state index contributed by atoms with van der Waals surface area (Å²) in [6.45, 7) is 0. The Bertz CT molecular complexity index is 349. The van der Waals surface area contributed by atoms with Gasteiger partial charge in [0.2, 0.25) is 5.95 Å². The summed E-state index contributed by atoms with van der Waals surface area (Å²) in [5.74, 6) is 0.204. The van der Waals surface area contributed by atoms with Gasteiger partial charge in [-0.25, -0.2) is 9.37 Å². The molecule has 1 saturated carbocycles. The Labute approximate surface area is 81.7 Å². The molecule has 1 aliphatic rings. The monoisotopic (exact) mass is 196 g/mol. The lowest BCUT2D eigenvalue weighted by molar-refractivity contribution is 0.394. The molecule has 0 spiro atoms. The van der Waals surface area contributed by atoms with Crippen LogP contribution in [0.1, 0.15) is 30.9 Å². The lowest BCUT2D eigenvalue weighted by atomic mass is 9.82. The van der Waals surface area contributed by atoms with Crippen molar-refractivity contribution in [3.05, 3.63) is 11.5 Å². The van der Waals surface area contributed by atoms with Gasteiger partial charge in [0.1, 0.15) is 0 Å². The van der Waals surface area contributed by atoms with E-state index in [-0.39, 0.29) is 23.5 Å². The van der Waals surface area contributed by atoms with Crippen LogP contribution in [-0.2, 0) is 0 Å². The largest absolute Gasteiger partial charge is 0.371 e. The van der Waals surface area contributed by atoms with Crippen molar-refractivity contribution in [1.29, 1.82) is 0 Å². The van der Waals surface area contributed by atoms with Gasteiger partial charge in [-0.05, 0) is 12.8 Å². The highest BCUT2D eigenvalue weighted by atomic mass is 19.1. The van der Waals surface area contributed by atoms with Crippen molar-refractivity contribution in [1.82, 2.24) is 9.97 Å². The van der Waals surface area contributed by atoms with E-state index in [4.69, 9.17) is 5.73 Å². The van der Waals surface area contributed by atoms with E-state index in [2.05, 4.69) is 15.3 Å². The highest BCUT2D eigenvalue weighted by molar-refractivity contribution is 5.43. The van der Waals surface area contributed by atoms with Gasteiger partial charge in [-0.1, -0.05) is 6.42 Å². The first-order valence-electron chi connectivity index (χ1n) is 4.73. The third kappa shape index (κ3) is 1.38. The number of rotatable bonds is 2. The fourth-order valence-corrected chi connectivity index (χ4v) is 1.60. The predicted molar refractivity (Wildman–Crippen MR) is 52.5 cm³/mol. The number of nitrogen functional groups attached to an aromatic ring is 1. The molecule has 1 heterocycles. The summed E-state index contributed by atoms with van der Waals surface area (Å²) in [6.07, 6.45) is 3.13. The smallest absolute Gasteiger partial charge is 0.222 e. The highest BCUT2D eigenvalue weighted by Gasteiger charge is 2.26. The average Bonchev–Trinajstić information content (AvgIpc) is 2.07. The molecule has 0 atom stereocenters. The van der Waals surface area contributed by atoms with Crippen LogP contribution in [0, 0.1) is 5.82 Å². The zero-order valence-corrected chi connectivity index (χ0v) is 8.05. The van der Waals surface area contributed by atoms with E-state index in [1.54, 1.807) is 7.05 Å². The minimum absolute atomic E-state index is 0.137. The van der Waals surface area contributed by atoms with Gasteiger partial charge in [-0.3, -0.25) is 0 Å². The lowest BCUT2D eigenvalue weighted by Gasteiger charge is -2.25. The van der Waals surface area contributed by atoms with E-state index >= 15 is 0 Å².